The summed E-state index contributed by atoms with van der Waals surface area (Å²) < 4.78 is 12.8. The fourth-order valence-corrected chi connectivity index (χ4v) is 3.70. The topological polar surface area (TPSA) is 68.6 Å². The molecule has 1 unspecified atom stereocenters. The smallest absolute Gasteiger partial charge is 0.323 e. The minimum absolute atomic E-state index is 0.0428. The molecule has 2 aromatic rings. The maximum atomic E-state index is 12.7. The van der Waals surface area contributed by atoms with Crippen molar-refractivity contribution in [2.75, 3.05) is 25.6 Å². The van der Waals surface area contributed by atoms with Gasteiger partial charge in [-0.05, 0) is 30.9 Å². The Balaban J connectivity index is 1.45. The van der Waals surface area contributed by atoms with Crippen LogP contribution in [0.1, 0.15) is 35.8 Å². The Morgan fingerprint density at radius 1 is 1.42 bits per heavy atom. The molecule has 1 fully saturated rings. The third-order valence-corrected chi connectivity index (χ3v) is 5.12. The second kappa shape index (κ2) is 6.99. The fourth-order valence-electron chi connectivity index (χ4n) is 3.70. The molecular formula is C19H24N4O3. The number of anilines is 1. The Hall–Kier alpha value is -2.54. The Morgan fingerprint density at radius 2 is 2.31 bits per heavy atom. The summed E-state index contributed by atoms with van der Waals surface area (Å²) in [6, 6.07) is 7.79. The second-order valence-corrected chi connectivity index (χ2v) is 6.78. The van der Waals surface area contributed by atoms with Crippen molar-refractivity contribution in [1.82, 2.24) is 14.7 Å². The molecule has 1 saturated heterocycles. The predicted octanol–water partition coefficient (Wildman–Crippen LogP) is 2.87. The quantitative estimate of drug-likeness (QED) is 0.918. The number of methoxy groups -OCH3 is 1. The molecule has 1 aromatic heterocycles. The average Bonchev–Trinajstić information content (AvgIpc) is 3.31. The molecule has 0 aliphatic carbocycles. The van der Waals surface area contributed by atoms with E-state index in [-0.39, 0.29) is 12.1 Å². The van der Waals surface area contributed by atoms with Gasteiger partial charge in [0.1, 0.15) is 17.7 Å². The van der Waals surface area contributed by atoms with Crippen LogP contribution in [0.4, 0.5) is 10.6 Å². The lowest BCUT2D eigenvalue weighted by molar-refractivity contribution is 0.108. The zero-order chi connectivity index (χ0) is 18.1. The first kappa shape index (κ1) is 16.9. The Labute approximate surface area is 152 Å². The molecule has 3 heterocycles. The minimum Gasteiger partial charge on any atom is -0.496 e. The Morgan fingerprint density at radius 3 is 3.08 bits per heavy atom. The van der Waals surface area contributed by atoms with Crippen molar-refractivity contribution in [1.29, 1.82) is 0 Å². The van der Waals surface area contributed by atoms with Crippen LogP contribution in [0.25, 0.3) is 0 Å². The molecule has 1 atom stereocenters. The van der Waals surface area contributed by atoms with Gasteiger partial charge in [-0.1, -0.05) is 12.1 Å². The van der Waals surface area contributed by atoms with Crippen LogP contribution in [-0.2, 0) is 24.8 Å². The molecule has 0 bridgehead atoms. The molecule has 2 aliphatic rings. The van der Waals surface area contributed by atoms with Crippen molar-refractivity contribution in [2.45, 2.75) is 31.9 Å². The molecule has 26 heavy (non-hydrogen) atoms. The maximum absolute atomic E-state index is 12.7. The van der Waals surface area contributed by atoms with Crippen LogP contribution in [0.5, 0.6) is 5.75 Å². The molecular weight excluding hydrogens is 332 g/mol. The standard InChI is InChI=1S/C19H24N4O3/c1-22-18(11-15(21-22)17-7-4-10-26-17)20-19(24)23-9-8-14-13(12-23)5-3-6-16(14)25-2/h3,5-6,11,17H,4,7-10,12H2,1-2H3,(H,20,24). The van der Waals surface area contributed by atoms with Crippen molar-refractivity contribution in [3.8, 4) is 5.75 Å². The zero-order valence-electron chi connectivity index (χ0n) is 15.2. The molecule has 1 aromatic carbocycles. The number of amides is 2. The number of hydrogen-bond donors (Lipinski definition) is 1. The summed E-state index contributed by atoms with van der Waals surface area (Å²) in [4.78, 5) is 14.5. The van der Waals surface area contributed by atoms with Gasteiger partial charge in [0.15, 0.2) is 0 Å². The van der Waals surface area contributed by atoms with Crippen LogP contribution < -0.4 is 10.1 Å². The third kappa shape index (κ3) is 3.14. The van der Waals surface area contributed by atoms with E-state index >= 15 is 0 Å². The molecule has 7 heteroatoms. The highest BCUT2D eigenvalue weighted by molar-refractivity contribution is 5.88. The summed E-state index contributed by atoms with van der Waals surface area (Å²) in [6.07, 6.45) is 2.87. The lowest BCUT2D eigenvalue weighted by atomic mass is 9.99. The van der Waals surface area contributed by atoms with E-state index in [2.05, 4.69) is 16.5 Å². The second-order valence-electron chi connectivity index (χ2n) is 6.78. The number of urea groups is 1. The summed E-state index contributed by atoms with van der Waals surface area (Å²) in [5.74, 6) is 1.59. The summed E-state index contributed by atoms with van der Waals surface area (Å²) in [5.41, 5.74) is 3.21. The minimum atomic E-state index is -0.111. The van der Waals surface area contributed by atoms with Crippen molar-refractivity contribution in [3.05, 3.63) is 41.1 Å². The van der Waals surface area contributed by atoms with Crippen LogP contribution >= 0.6 is 0 Å². The van der Waals surface area contributed by atoms with Crippen molar-refractivity contribution < 1.29 is 14.3 Å². The SMILES string of the molecule is COc1cccc2c1CCN(C(=O)Nc1cc(C3CCCO3)nn1C)C2. The Bertz CT molecular complexity index is 811. The van der Waals surface area contributed by atoms with Crippen molar-refractivity contribution in [3.63, 3.8) is 0 Å². The first-order chi connectivity index (χ1) is 12.7. The number of carbonyl (C=O) groups excluding carboxylic acids is 1. The van der Waals surface area contributed by atoms with Gasteiger partial charge in [0.25, 0.3) is 0 Å². The molecule has 0 radical (unpaired) electrons. The molecule has 138 valence electrons. The first-order valence-corrected chi connectivity index (χ1v) is 9.02. The zero-order valence-corrected chi connectivity index (χ0v) is 15.2. The number of benzene rings is 1. The lowest BCUT2D eigenvalue weighted by Crippen LogP contribution is -2.39. The van der Waals surface area contributed by atoms with Gasteiger partial charge in [0, 0.05) is 38.4 Å². The number of rotatable bonds is 3. The fraction of sp³-hybridized carbons (Fsp3) is 0.474. The van der Waals surface area contributed by atoms with E-state index < -0.39 is 0 Å². The average molecular weight is 356 g/mol. The van der Waals surface area contributed by atoms with Gasteiger partial charge in [-0.25, -0.2) is 4.79 Å². The van der Waals surface area contributed by atoms with E-state index in [0.717, 1.165) is 42.9 Å². The number of fused-ring (bicyclic) bond motifs is 1. The lowest BCUT2D eigenvalue weighted by Gasteiger charge is -2.29. The number of nitrogens with one attached hydrogen (secondary N) is 1. The molecule has 2 aliphatic heterocycles. The predicted molar refractivity (Wildman–Crippen MR) is 97.3 cm³/mol. The first-order valence-electron chi connectivity index (χ1n) is 9.02. The number of hydrogen-bond acceptors (Lipinski definition) is 4. The van der Waals surface area contributed by atoms with E-state index in [1.807, 2.05) is 30.1 Å². The molecule has 2 amide bonds. The van der Waals surface area contributed by atoms with Gasteiger partial charge in [-0.15, -0.1) is 0 Å². The van der Waals surface area contributed by atoms with Crippen molar-refractivity contribution >= 4 is 11.8 Å². The highest BCUT2D eigenvalue weighted by Crippen LogP contribution is 2.30. The van der Waals surface area contributed by atoms with Gasteiger partial charge in [-0.2, -0.15) is 5.10 Å². The number of carbonyl (C=O) groups is 1. The van der Waals surface area contributed by atoms with Crippen LogP contribution in [0.2, 0.25) is 0 Å². The normalized spacial score (nSPS) is 19.3. The van der Waals surface area contributed by atoms with Crippen LogP contribution in [0.3, 0.4) is 0 Å². The van der Waals surface area contributed by atoms with Crippen LogP contribution in [0, 0.1) is 0 Å². The summed E-state index contributed by atoms with van der Waals surface area (Å²) >= 11 is 0. The van der Waals surface area contributed by atoms with Gasteiger partial charge < -0.3 is 14.4 Å². The van der Waals surface area contributed by atoms with E-state index in [1.165, 1.54) is 5.56 Å². The van der Waals surface area contributed by atoms with E-state index in [1.54, 1.807) is 11.8 Å². The number of aryl methyl sites for hydroxylation is 1. The van der Waals surface area contributed by atoms with Gasteiger partial charge >= 0.3 is 6.03 Å². The van der Waals surface area contributed by atoms with E-state index in [0.29, 0.717) is 18.9 Å². The summed E-state index contributed by atoms with van der Waals surface area (Å²) in [7, 11) is 3.52. The highest BCUT2D eigenvalue weighted by atomic mass is 16.5. The summed E-state index contributed by atoms with van der Waals surface area (Å²) in [6.45, 7) is 2.02. The molecule has 0 saturated carbocycles. The van der Waals surface area contributed by atoms with Gasteiger partial charge in [0.05, 0.1) is 12.8 Å². The molecule has 7 nitrogen and oxygen atoms in total. The maximum Gasteiger partial charge on any atom is 0.323 e. The highest BCUT2D eigenvalue weighted by Gasteiger charge is 2.25. The van der Waals surface area contributed by atoms with Crippen LogP contribution in [-0.4, -0.2) is 41.0 Å². The molecule has 4 rings (SSSR count). The third-order valence-electron chi connectivity index (χ3n) is 5.12. The van der Waals surface area contributed by atoms with Gasteiger partial charge in [0.2, 0.25) is 0 Å². The summed E-state index contributed by atoms with van der Waals surface area (Å²) in [5, 5.41) is 7.48. The Kier molecular flexibility index (Phi) is 4.55. The largest absolute Gasteiger partial charge is 0.496 e. The molecule has 1 N–H and O–H groups in total. The number of aromatic nitrogens is 2. The molecule has 0 spiro atoms. The van der Waals surface area contributed by atoms with E-state index in [9.17, 15) is 4.79 Å². The number of nitrogens with zero attached hydrogens (tertiary/aromatic N) is 3. The van der Waals surface area contributed by atoms with Crippen molar-refractivity contribution in [2.24, 2.45) is 7.05 Å². The van der Waals surface area contributed by atoms with Gasteiger partial charge in [-0.3, -0.25) is 10.00 Å². The number of ether oxygens (including phenoxy) is 2. The van der Waals surface area contributed by atoms with E-state index in [4.69, 9.17) is 9.47 Å². The monoisotopic (exact) mass is 356 g/mol. The van der Waals surface area contributed by atoms with Crippen LogP contribution in [0.15, 0.2) is 24.3 Å².